The highest BCUT2D eigenvalue weighted by Gasteiger charge is 2.56. The molecule has 0 spiro atoms. The second-order valence-electron chi connectivity index (χ2n) is 8.79. The number of piperidine rings is 1. The van der Waals surface area contributed by atoms with Crippen molar-refractivity contribution in [3.05, 3.63) is 34.2 Å². The van der Waals surface area contributed by atoms with E-state index in [0.717, 1.165) is 22.5 Å². The van der Waals surface area contributed by atoms with Crippen LogP contribution in [0.1, 0.15) is 43.3 Å². The fourth-order valence-corrected chi connectivity index (χ4v) is 6.50. The molecule has 29 heavy (non-hydrogen) atoms. The van der Waals surface area contributed by atoms with Gasteiger partial charge in [-0.3, -0.25) is 9.59 Å². The molecule has 4 rings (SSSR count). The monoisotopic (exact) mass is 432 g/mol. The number of carbonyl (C=O) groups excluding carboxylic acids is 2. The zero-order valence-electron chi connectivity index (χ0n) is 16.8. The van der Waals surface area contributed by atoms with Crippen molar-refractivity contribution < 1.29 is 14.3 Å². The highest BCUT2D eigenvalue weighted by atomic mass is 35.5. The average molecular weight is 433 g/mol. The molecular formula is C22H25ClN2O3S. The number of anilines is 1. The van der Waals surface area contributed by atoms with Crippen molar-refractivity contribution in [3.8, 4) is 16.2 Å². The summed E-state index contributed by atoms with van der Waals surface area (Å²) in [5.41, 5.74) is 2.25. The lowest BCUT2D eigenvalue weighted by Crippen LogP contribution is -2.55. The molecule has 2 heterocycles. The van der Waals surface area contributed by atoms with Gasteiger partial charge in [0.05, 0.1) is 4.88 Å². The van der Waals surface area contributed by atoms with E-state index in [1.165, 1.54) is 17.8 Å². The molecule has 7 heteroatoms. The van der Waals surface area contributed by atoms with Crippen LogP contribution in [0.2, 0.25) is 5.02 Å². The number of nitrogens with one attached hydrogen (secondary N) is 2. The van der Waals surface area contributed by atoms with Crippen molar-refractivity contribution in [3.63, 3.8) is 0 Å². The Hall–Kier alpha value is -1.89. The molecule has 0 radical (unpaired) electrons. The Kier molecular flexibility index (Phi) is 5.21. The van der Waals surface area contributed by atoms with Crippen LogP contribution in [-0.4, -0.2) is 36.3 Å². The van der Waals surface area contributed by atoms with Gasteiger partial charge in [0.2, 0.25) is 0 Å². The number of benzene rings is 1. The fraction of sp³-hybridized carbons (Fsp3) is 0.455. The lowest BCUT2D eigenvalue weighted by Gasteiger charge is -2.40. The van der Waals surface area contributed by atoms with E-state index in [9.17, 15) is 9.59 Å². The summed E-state index contributed by atoms with van der Waals surface area (Å²) in [6.07, 6.45) is 3.62. The second kappa shape index (κ2) is 7.42. The van der Waals surface area contributed by atoms with Crippen LogP contribution in [0.25, 0.3) is 10.4 Å². The minimum atomic E-state index is -0.135. The van der Waals surface area contributed by atoms with Crippen molar-refractivity contribution in [1.29, 1.82) is 0 Å². The van der Waals surface area contributed by atoms with Gasteiger partial charge in [-0.1, -0.05) is 23.7 Å². The largest absolute Gasteiger partial charge is 0.483 e. The Bertz CT molecular complexity index is 955. The number of carbonyl (C=O) groups is 2. The standard InChI is InChI=1S/C22H25ClN2O3S/c1-21(2)15-10-22(3,25-21)11-16(15)24-14-6-4-5-13(9-14)20-18(23)19(28-8-7-26)17(12-27)29-20/h4-7,9,12,15-16,24-25H,8,10-11H2,1-3H3. The molecule has 1 aliphatic carbocycles. The Morgan fingerprint density at radius 2 is 2.10 bits per heavy atom. The van der Waals surface area contributed by atoms with Gasteiger partial charge in [-0.2, -0.15) is 0 Å². The molecular weight excluding hydrogens is 408 g/mol. The Labute approximate surface area is 179 Å². The summed E-state index contributed by atoms with van der Waals surface area (Å²) < 4.78 is 5.37. The number of rotatable bonds is 7. The maximum Gasteiger partial charge on any atom is 0.163 e. The quantitative estimate of drug-likeness (QED) is 0.615. The number of hydrogen-bond acceptors (Lipinski definition) is 6. The lowest BCUT2D eigenvalue weighted by molar-refractivity contribution is -0.109. The predicted molar refractivity (Wildman–Crippen MR) is 117 cm³/mol. The third-order valence-corrected chi connectivity index (χ3v) is 7.71. The number of thiophene rings is 1. The first-order chi connectivity index (χ1) is 13.8. The van der Waals surface area contributed by atoms with E-state index < -0.39 is 0 Å². The summed E-state index contributed by atoms with van der Waals surface area (Å²) in [4.78, 5) is 23.2. The molecule has 3 unspecified atom stereocenters. The Balaban J connectivity index is 1.60. The van der Waals surface area contributed by atoms with Crippen molar-refractivity contribution in [1.82, 2.24) is 5.32 Å². The molecule has 3 atom stereocenters. The molecule has 1 aromatic heterocycles. The normalized spacial score (nSPS) is 27.0. The second-order valence-corrected chi connectivity index (χ2v) is 10.2. The lowest BCUT2D eigenvalue weighted by atomic mass is 9.84. The predicted octanol–water partition coefficient (Wildman–Crippen LogP) is 4.79. The highest BCUT2D eigenvalue weighted by Crippen LogP contribution is 2.49. The first-order valence-electron chi connectivity index (χ1n) is 9.76. The van der Waals surface area contributed by atoms with E-state index in [-0.39, 0.29) is 23.4 Å². The molecule has 2 N–H and O–H groups in total. The van der Waals surface area contributed by atoms with Gasteiger partial charge in [-0.05, 0) is 57.2 Å². The van der Waals surface area contributed by atoms with Gasteiger partial charge in [0.15, 0.2) is 18.3 Å². The maximum absolute atomic E-state index is 11.4. The molecule has 0 amide bonds. The average Bonchev–Trinajstić information content (AvgIpc) is 3.24. The molecule has 2 aromatic rings. The van der Waals surface area contributed by atoms with Gasteiger partial charge >= 0.3 is 0 Å². The van der Waals surface area contributed by atoms with Crippen molar-refractivity contribution >= 4 is 41.2 Å². The molecule has 2 aliphatic rings. The fourth-order valence-electron chi connectivity index (χ4n) is 5.11. The van der Waals surface area contributed by atoms with Crippen molar-refractivity contribution in [2.24, 2.45) is 5.92 Å². The van der Waals surface area contributed by atoms with E-state index >= 15 is 0 Å². The van der Waals surface area contributed by atoms with E-state index in [4.69, 9.17) is 16.3 Å². The summed E-state index contributed by atoms with van der Waals surface area (Å²) >= 11 is 7.76. The van der Waals surface area contributed by atoms with Gasteiger partial charge < -0.3 is 15.4 Å². The maximum atomic E-state index is 11.4. The summed E-state index contributed by atoms with van der Waals surface area (Å²) in [5, 5.41) is 7.87. The number of fused-ring (bicyclic) bond motifs is 2. The van der Waals surface area contributed by atoms with Crippen LogP contribution in [0.4, 0.5) is 5.69 Å². The van der Waals surface area contributed by atoms with Crippen molar-refractivity contribution in [2.75, 3.05) is 11.9 Å². The van der Waals surface area contributed by atoms with Crippen LogP contribution in [0.3, 0.4) is 0 Å². The summed E-state index contributed by atoms with van der Waals surface area (Å²) in [6, 6.07) is 8.48. The smallest absolute Gasteiger partial charge is 0.163 e. The van der Waals surface area contributed by atoms with Crippen LogP contribution in [0, 0.1) is 5.92 Å². The van der Waals surface area contributed by atoms with Crippen LogP contribution < -0.4 is 15.4 Å². The zero-order valence-corrected chi connectivity index (χ0v) is 18.3. The number of halogens is 1. The van der Waals surface area contributed by atoms with Crippen molar-refractivity contribution in [2.45, 2.75) is 50.7 Å². The van der Waals surface area contributed by atoms with E-state index in [1.807, 2.05) is 12.1 Å². The number of hydrogen-bond donors (Lipinski definition) is 2. The van der Waals surface area contributed by atoms with E-state index in [2.05, 4.69) is 43.5 Å². The summed E-state index contributed by atoms with van der Waals surface area (Å²) in [5.74, 6) is 0.840. The third-order valence-electron chi connectivity index (χ3n) is 6.09. The minimum absolute atomic E-state index is 0.114. The number of ether oxygens (including phenoxy) is 1. The topological polar surface area (TPSA) is 67.4 Å². The molecule has 5 nitrogen and oxygen atoms in total. The molecule has 1 aromatic carbocycles. The molecule has 1 saturated carbocycles. The Morgan fingerprint density at radius 1 is 1.31 bits per heavy atom. The van der Waals surface area contributed by atoms with Gasteiger partial charge in [-0.25, -0.2) is 0 Å². The number of aldehydes is 2. The van der Waals surface area contributed by atoms with E-state index in [0.29, 0.717) is 34.4 Å². The molecule has 1 saturated heterocycles. The SMILES string of the molecule is CC12CC(Nc3cccc(-c4sc(C=O)c(OCC=O)c4Cl)c3)C(C1)C(C)(C)N2. The first-order valence-corrected chi connectivity index (χ1v) is 11.0. The summed E-state index contributed by atoms with van der Waals surface area (Å²) in [6.45, 7) is 6.73. The summed E-state index contributed by atoms with van der Waals surface area (Å²) in [7, 11) is 0. The van der Waals surface area contributed by atoms with Crippen LogP contribution in [0.5, 0.6) is 5.75 Å². The van der Waals surface area contributed by atoms with Gasteiger partial charge in [0, 0.05) is 22.8 Å². The minimum Gasteiger partial charge on any atom is -0.483 e. The van der Waals surface area contributed by atoms with Gasteiger partial charge in [0.1, 0.15) is 16.5 Å². The zero-order chi connectivity index (χ0) is 20.8. The van der Waals surface area contributed by atoms with E-state index in [1.54, 1.807) is 0 Å². The van der Waals surface area contributed by atoms with Crippen LogP contribution in [-0.2, 0) is 4.79 Å². The highest BCUT2D eigenvalue weighted by molar-refractivity contribution is 7.18. The molecule has 154 valence electrons. The molecule has 2 bridgehead atoms. The third kappa shape index (κ3) is 3.69. The molecule has 2 fully saturated rings. The van der Waals surface area contributed by atoms with Gasteiger partial charge in [-0.15, -0.1) is 11.3 Å². The Morgan fingerprint density at radius 3 is 2.76 bits per heavy atom. The van der Waals surface area contributed by atoms with Crippen LogP contribution in [0.15, 0.2) is 24.3 Å². The first kappa shape index (κ1) is 20.4. The van der Waals surface area contributed by atoms with Gasteiger partial charge in [0.25, 0.3) is 0 Å². The van der Waals surface area contributed by atoms with Crippen LogP contribution >= 0.6 is 22.9 Å². The molecule has 1 aliphatic heterocycles.